The molecule has 0 radical (unpaired) electrons. The molecule has 0 amide bonds. The monoisotopic (exact) mass is 218 g/mol. The Morgan fingerprint density at radius 2 is 2.00 bits per heavy atom. The van der Waals surface area contributed by atoms with E-state index in [2.05, 4.69) is 0 Å². The first-order valence-electron chi connectivity index (χ1n) is 5.10. The molecule has 1 aromatic rings. The predicted octanol–water partition coefficient (Wildman–Crippen LogP) is 2.47. The molecule has 0 unspecified atom stereocenters. The Balaban J connectivity index is 2.88. The number of carbonyl (C=O) groups is 2. The molecule has 0 N–H and O–H groups in total. The second-order valence-electron chi connectivity index (χ2n) is 3.23. The highest BCUT2D eigenvalue weighted by Gasteiger charge is 2.03. The number of ether oxygens (including phenoxy) is 1. The van der Waals surface area contributed by atoms with E-state index in [-0.39, 0.29) is 5.78 Å². The second-order valence-corrected chi connectivity index (χ2v) is 3.23. The van der Waals surface area contributed by atoms with E-state index in [1.807, 2.05) is 6.07 Å². The van der Waals surface area contributed by atoms with Crippen LogP contribution < -0.4 is 0 Å². The molecule has 3 nitrogen and oxygen atoms in total. The molecule has 0 aliphatic heterocycles. The minimum absolute atomic E-state index is 0.0240. The smallest absolute Gasteiger partial charge is 0.330 e. The van der Waals surface area contributed by atoms with E-state index >= 15 is 0 Å². The van der Waals surface area contributed by atoms with Gasteiger partial charge in [0.05, 0.1) is 6.61 Å². The maximum absolute atomic E-state index is 11.3. The van der Waals surface area contributed by atoms with Gasteiger partial charge in [-0.3, -0.25) is 4.79 Å². The lowest BCUT2D eigenvalue weighted by atomic mass is 10.0. The molecular formula is C13H14O3. The zero-order chi connectivity index (χ0) is 12.0. The fourth-order valence-corrected chi connectivity index (χ4v) is 1.31. The number of hydrogen-bond acceptors (Lipinski definition) is 3. The average molecular weight is 218 g/mol. The molecule has 0 atom stereocenters. The quantitative estimate of drug-likeness (QED) is 0.443. The van der Waals surface area contributed by atoms with Gasteiger partial charge in [-0.15, -0.1) is 0 Å². The maximum atomic E-state index is 11.3. The van der Waals surface area contributed by atoms with E-state index in [0.717, 1.165) is 5.56 Å². The number of Topliss-reactive ketones (excluding diaryl/α,β-unsaturated/α-hetero) is 1. The van der Waals surface area contributed by atoms with Gasteiger partial charge in [0.1, 0.15) is 0 Å². The van der Waals surface area contributed by atoms with Crippen molar-refractivity contribution in [2.24, 2.45) is 0 Å². The third-order valence-electron chi connectivity index (χ3n) is 2.03. The number of rotatable bonds is 4. The minimum Gasteiger partial charge on any atom is -0.463 e. The Morgan fingerprint density at radius 3 is 2.62 bits per heavy atom. The first-order chi connectivity index (χ1) is 7.65. The van der Waals surface area contributed by atoms with E-state index in [1.54, 1.807) is 31.2 Å². The van der Waals surface area contributed by atoms with Crippen molar-refractivity contribution in [3.8, 4) is 0 Å². The number of esters is 1. The number of carbonyl (C=O) groups excluding carboxylic acids is 2. The zero-order valence-corrected chi connectivity index (χ0v) is 9.40. The molecule has 0 bridgehead atoms. The van der Waals surface area contributed by atoms with Crippen LogP contribution in [0.5, 0.6) is 0 Å². The summed E-state index contributed by atoms with van der Waals surface area (Å²) in [4.78, 5) is 22.4. The summed E-state index contributed by atoms with van der Waals surface area (Å²) in [6.07, 6.45) is 2.92. The molecule has 0 aromatic heterocycles. The lowest BCUT2D eigenvalue weighted by Crippen LogP contribution is -2.00. The molecule has 3 heteroatoms. The molecule has 0 aliphatic rings. The van der Waals surface area contributed by atoms with Crippen LogP contribution >= 0.6 is 0 Å². The summed E-state index contributed by atoms with van der Waals surface area (Å²) in [6, 6.07) is 7.12. The lowest BCUT2D eigenvalue weighted by Gasteiger charge is -2.01. The van der Waals surface area contributed by atoms with Crippen molar-refractivity contribution < 1.29 is 14.3 Å². The number of ketones is 1. The van der Waals surface area contributed by atoms with Crippen LogP contribution in [0, 0.1) is 0 Å². The van der Waals surface area contributed by atoms with Crippen molar-refractivity contribution >= 4 is 17.8 Å². The summed E-state index contributed by atoms with van der Waals surface area (Å²) < 4.78 is 4.75. The van der Waals surface area contributed by atoms with Gasteiger partial charge in [0.25, 0.3) is 0 Å². The van der Waals surface area contributed by atoms with Crippen LogP contribution in [0.3, 0.4) is 0 Å². The Morgan fingerprint density at radius 1 is 1.31 bits per heavy atom. The van der Waals surface area contributed by atoms with Crippen molar-refractivity contribution in [1.29, 1.82) is 0 Å². The molecule has 0 saturated carbocycles. The zero-order valence-electron chi connectivity index (χ0n) is 9.40. The molecule has 84 valence electrons. The van der Waals surface area contributed by atoms with Crippen LogP contribution in [0.2, 0.25) is 0 Å². The molecule has 0 fully saturated rings. The fourth-order valence-electron chi connectivity index (χ4n) is 1.31. The van der Waals surface area contributed by atoms with E-state index in [1.165, 1.54) is 13.0 Å². The minimum atomic E-state index is -0.402. The summed E-state index contributed by atoms with van der Waals surface area (Å²) in [5.41, 5.74) is 1.33. The van der Waals surface area contributed by atoms with Crippen molar-refractivity contribution in [3.05, 3.63) is 41.5 Å². The highest BCUT2D eigenvalue weighted by molar-refractivity contribution is 5.99. The van der Waals surface area contributed by atoms with Gasteiger partial charge >= 0.3 is 5.97 Å². The molecular weight excluding hydrogens is 204 g/mol. The first-order valence-corrected chi connectivity index (χ1v) is 5.10. The van der Waals surface area contributed by atoms with E-state index in [0.29, 0.717) is 12.2 Å². The first kappa shape index (κ1) is 12.2. The van der Waals surface area contributed by atoms with Crippen molar-refractivity contribution in [3.63, 3.8) is 0 Å². The van der Waals surface area contributed by atoms with Crippen LogP contribution in [0.4, 0.5) is 0 Å². The van der Waals surface area contributed by atoms with Crippen LogP contribution in [0.1, 0.15) is 29.8 Å². The SMILES string of the molecule is CCOC(=O)/C=C/c1ccccc1C(C)=O. The molecule has 1 rings (SSSR count). The number of benzene rings is 1. The van der Waals surface area contributed by atoms with Crippen molar-refractivity contribution in [2.45, 2.75) is 13.8 Å². The van der Waals surface area contributed by atoms with Crippen LogP contribution in [-0.4, -0.2) is 18.4 Å². The summed E-state index contributed by atoms with van der Waals surface area (Å²) in [5, 5.41) is 0. The molecule has 16 heavy (non-hydrogen) atoms. The third kappa shape index (κ3) is 3.35. The Kier molecular flexibility index (Phi) is 4.45. The van der Waals surface area contributed by atoms with Crippen LogP contribution in [0.25, 0.3) is 6.08 Å². The third-order valence-corrected chi connectivity index (χ3v) is 2.03. The molecule has 0 aliphatic carbocycles. The van der Waals surface area contributed by atoms with Gasteiger partial charge in [0, 0.05) is 11.6 Å². The predicted molar refractivity (Wildman–Crippen MR) is 62.1 cm³/mol. The van der Waals surface area contributed by atoms with Crippen molar-refractivity contribution in [1.82, 2.24) is 0 Å². The van der Waals surface area contributed by atoms with Gasteiger partial charge in [-0.1, -0.05) is 24.3 Å². The summed E-state index contributed by atoms with van der Waals surface area (Å²) in [7, 11) is 0. The summed E-state index contributed by atoms with van der Waals surface area (Å²) in [5.74, 6) is -0.426. The Bertz CT molecular complexity index is 419. The van der Waals surface area contributed by atoms with E-state index in [9.17, 15) is 9.59 Å². The molecule has 0 saturated heterocycles. The standard InChI is InChI=1S/C13H14O3/c1-3-16-13(15)9-8-11-6-4-5-7-12(11)10(2)14/h4-9H,3H2,1-2H3/b9-8+. The van der Waals surface area contributed by atoms with Gasteiger partial charge in [0.2, 0.25) is 0 Å². The average Bonchev–Trinajstić information content (AvgIpc) is 2.27. The topological polar surface area (TPSA) is 43.4 Å². The highest BCUT2D eigenvalue weighted by Crippen LogP contribution is 2.11. The van der Waals surface area contributed by atoms with Gasteiger partial charge < -0.3 is 4.74 Å². The summed E-state index contributed by atoms with van der Waals surface area (Å²) in [6.45, 7) is 3.59. The van der Waals surface area contributed by atoms with Crippen LogP contribution in [-0.2, 0) is 9.53 Å². The fraction of sp³-hybridized carbons (Fsp3) is 0.231. The second kappa shape index (κ2) is 5.85. The molecule has 0 spiro atoms. The van der Waals surface area contributed by atoms with Crippen molar-refractivity contribution in [2.75, 3.05) is 6.61 Å². The maximum Gasteiger partial charge on any atom is 0.330 e. The van der Waals surface area contributed by atoms with Crippen LogP contribution in [0.15, 0.2) is 30.3 Å². The number of hydrogen-bond donors (Lipinski definition) is 0. The highest BCUT2D eigenvalue weighted by atomic mass is 16.5. The Labute approximate surface area is 94.7 Å². The van der Waals surface area contributed by atoms with E-state index in [4.69, 9.17) is 4.74 Å². The Hall–Kier alpha value is -1.90. The lowest BCUT2D eigenvalue weighted by molar-refractivity contribution is -0.137. The largest absolute Gasteiger partial charge is 0.463 e. The molecule has 0 heterocycles. The van der Waals surface area contributed by atoms with Gasteiger partial charge in [-0.05, 0) is 25.5 Å². The molecule has 1 aromatic carbocycles. The van der Waals surface area contributed by atoms with E-state index < -0.39 is 5.97 Å². The summed E-state index contributed by atoms with van der Waals surface area (Å²) >= 11 is 0. The van der Waals surface area contributed by atoms with Gasteiger partial charge in [0.15, 0.2) is 5.78 Å². The van der Waals surface area contributed by atoms with Gasteiger partial charge in [-0.2, -0.15) is 0 Å². The normalized spacial score (nSPS) is 10.4. The van der Waals surface area contributed by atoms with Gasteiger partial charge in [-0.25, -0.2) is 4.79 Å².